The molecule has 140 valence electrons. The van der Waals surface area contributed by atoms with Gasteiger partial charge in [-0.3, -0.25) is 14.9 Å². The molecule has 0 aliphatic heterocycles. The molecule has 0 saturated carbocycles. The van der Waals surface area contributed by atoms with Crippen molar-refractivity contribution < 1.29 is 19.2 Å². The highest BCUT2D eigenvalue weighted by molar-refractivity contribution is 6.31. The van der Waals surface area contributed by atoms with Gasteiger partial charge in [-0.2, -0.15) is 0 Å². The molecule has 0 bridgehead atoms. The Morgan fingerprint density at radius 2 is 2.00 bits per heavy atom. The molecule has 0 unspecified atom stereocenters. The van der Waals surface area contributed by atoms with Crippen LogP contribution in [0.2, 0.25) is 5.02 Å². The van der Waals surface area contributed by atoms with E-state index in [9.17, 15) is 19.7 Å². The summed E-state index contributed by atoms with van der Waals surface area (Å²) >= 11 is 6.07. The average molecular weight is 389 g/mol. The van der Waals surface area contributed by atoms with Crippen LogP contribution in [0.15, 0.2) is 54.6 Å². The molecule has 0 spiro atoms. The molecule has 7 nitrogen and oxygen atoms in total. The number of esters is 1. The van der Waals surface area contributed by atoms with Crippen molar-refractivity contribution in [2.75, 3.05) is 6.61 Å². The Kier molecular flexibility index (Phi) is 7.08. The molecule has 0 aromatic heterocycles. The highest BCUT2D eigenvalue weighted by atomic mass is 35.5. The SMILES string of the molecule is C[C@H](NC(=O)COC(=O)/C=C/c1cccc([N+](=O)[O-])c1)c1ccccc1Cl. The molecule has 0 fully saturated rings. The molecular formula is C19H17ClN2O5. The number of hydrogen-bond acceptors (Lipinski definition) is 5. The summed E-state index contributed by atoms with van der Waals surface area (Å²) in [4.78, 5) is 33.8. The molecule has 2 aromatic rings. The molecule has 0 radical (unpaired) electrons. The summed E-state index contributed by atoms with van der Waals surface area (Å²) in [6.45, 7) is 1.32. The Bertz CT molecular complexity index is 882. The van der Waals surface area contributed by atoms with E-state index < -0.39 is 23.4 Å². The van der Waals surface area contributed by atoms with Crippen molar-refractivity contribution in [3.05, 3.63) is 80.9 Å². The molecule has 0 aliphatic rings. The predicted octanol–water partition coefficient (Wildman–Crippen LogP) is 3.68. The van der Waals surface area contributed by atoms with E-state index in [4.69, 9.17) is 16.3 Å². The van der Waals surface area contributed by atoms with E-state index >= 15 is 0 Å². The van der Waals surface area contributed by atoms with E-state index in [1.54, 1.807) is 31.2 Å². The highest BCUT2D eigenvalue weighted by Gasteiger charge is 2.13. The number of carbonyl (C=O) groups is 2. The third-order valence-corrected chi connectivity index (χ3v) is 3.93. The largest absolute Gasteiger partial charge is 0.452 e. The first-order valence-corrected chi connectivity index (χ1v) is 8.37. The lowest BCUT2D eigenvalue weighted by atomic mass is 10.1. The Morgan fingerprint density at radius 3 is 2.70 bits per heavy atom. The van der Waals surface area contributed by atoms with Crippen LogP contribution in [0.4, 0.5) is 5.69 Å². The third-order valence-electron chi connectivity index (χ3n) is 3.59. The minimum Gasteiger partial charge on any atom is -0.452 e. The van der Waals surface area contributed by atoms with Crippen molar-refractivity contribution in [1.82, 2.24) is 5.32 Å². The summed E-state index contributed by atoms with van der Waals surface area (Å²) in [5.74, 6) is -1.21. The topological polar surface area (TPSA) is 98.5 Å². The van der Waals surface area contributed by atoms with Crippen molar-refractivity contribution in [3.8, 4) is 0 Å². The van der Waals surface area contributed by atoms with Crippen molar-refractivity contribution in [2.24, 2.45) is 0 Å². The van der Waals surface area contributed by atoms with Gasteiger partial charge in [0.1, 0.15) is 0 Å². The number of nitrogens with one attached hydrogen (secondary N) is 1. The lowest BCUT2D eigenvalue weighted by Gasteiger charge is -2.15. The van der Waals surface area contributed by atoms with Crippen LogP contribution in [0.5, 0.6) is 0 Å². The zero-order chi connectivity index (χ0) is 19.8. The number of benzene rings is 2. The highest BCUT2D eigenvalue weighted by Crippen LogP contribution is 2.21. The summed E-state index contributed by atoms with van der Waals surface area (Å²) in [5, 5.41) is 13.9. The number of non-ortho nitro benzene ring substituents is 1. The van der Waals surface area contributed by atoms with Gasteiger partial charge < -0.3 is 10.1 Å². The van der Waals surface area contributed by atoms with Crippen molar-refractivity contribution in [2.45, 2.75) is 13.0 Å². The molecule has 1 atom stereocenters. The van der Waals surface area contributed by atoms with Gasteiger partial charge >= 0.3 is 5.97 Å². The molecular weight excluding hydrogens is 372 g/mol. The average Bonchev–Trinajstić information content (AvgIpc) is 2.65. The molecule has 2 aromatic carbocycles. The molecule has 2 rings (SSSR count). The van der Waals surface area contributed by atoms with E-state index in [1.807, 2.05) is 6.07 Å². The first-order chi connectivity index (χ1) is 12.9. The van der Waals surface area contributed by atoms with Crippen LogP contribution >= 0.6 is 11.6 Å². The van der Waals surface area contributed by atoms with Gasteiger partial charge in [-0.25, -0.2) is 4.79 Å². The minimum atomic E-state index is -0.734. The van der Waals surface area contributed by atoms with Crippen LogP contribution in [-0.4, -0.2) is 23.4 Å². The van der Waals surface area contributed by atoms with Crippen LogP contribution < -0.4 is 5.32 Å². The molecule has 8 heteroatoms. The van der Waals surface area contributed by atoms with Gasteiger partial charge in [-0.1, -0.05) is 41.9 Å². The number of nitro benzene ring substituents is 1. The van der Waals surface area contributed by atoms with E-state index in [1.165, 1.54) is 24.3 Å². The monoisotopic (exact) mass is 388 g/mol. The number of hydrogen-bond donors (Lipinski definition) is 1. The Balaban J connectivity index is 1.84. The lowest BCUT2D eigenvalue weighted by Crippen LogP contribution is -2.31. The summed E-state index contributed by atoms with van der Waals surface area (Å²) in [7, 11) is 0. The Hall–Kier alpha value is -3.19. The number of nitrogens with zero attached hydrogens (tertiary/aromatic N) is 1. The maximum Gasteiger partial charge on any atom is 0.331 e. The van der Waals surface area contributed by atoms with Gasteiger partial charge in [0.25, 0.3) is 11.6 Å². The normalized spacial score (nSPS) is 11.8. The van der Waals surface area contributed by atoms with Gasteiger partial charge in [-0.15, -0.1) is 0 Å². The fourth-order valence-electron chi connectivity index (χ4n) is 2.28. The summed E-state index contributed by atoms with van der Waals surface area (Å²) in [6.07, 6.45) is 2.48. The van der Waals surface area contributed by atoms with Crippen molar-refractivity contribution >= 4 is 35.2 Å². The van der Waals surface area contributed by atoms with Gasteiger partial charge in [-0.05, 0) is 30.2 Å². The number of carbonyl (C=O) groups excluding carboxylic acids is 2. The van der Waals surface area contributed by atoms with Crippen molar-refractivity contribution in [3.63, 3.8) is 0 Å². The lowest BCUT2D eigenvalue weighted by molar-refractivity contribution is -0.384. The van der Waals surface area contributed by atoms with Gasteiger partial charge in [0.2, 0.25) is 0 Å². The molecule has 0 heterocycles. The molecule has 0 aliphatic carbocycles. The van der Waals surface area contributed by atoms with Crippen LogP contribution in [0.3, 0.4) is 0 Å². The van der Waals surface area contributed by atoms with Gasteiger partial charge in [0.05, 0.1) is 11.0 Å². The first kappa shape index (κ1) is 20.1. The number of rotatable bonds is 7. The number of ether oxygens (including phenoxy) is 1. The van der Waals surface area contributed by atoms with Crippen LogP contribution in [0, 0.1) is 10.1 Å². The standard InChI is InChI=1S/C19H17ClN2O5/c1-13(16-7-2-3-8-17(16)20)21-18(23)12-27-19(24)10-9-14-5-4-6-15(11-14)22(25)26/h2-11,13H,12H2,1H3,(H,21,23)/b10-9+/t13-/m0/s1. The third kappa shape index (κ3) is 6.23. The Morgan fingerprint density at radius 1 is 1.26 bits per heavy atom. The number of amides is 1. The van der Waals surface area contributed by atoms with Crippen LogP contribution in [0.1, 0.15) is 24.1 Å². The van der Waals surface area contributed by atoms with E-state index in [-0.39, 0.29) is 11.7 Å². The van der Waals surface area contributed by atoms with E-state index in [0.717, 1.165) is 11.6 Å². The molecule has 1 N–H and O–H groups in total. The fourth-order valence-corrected chi connectivity index (χ4v) is 2.58. The number of nitro groups is 1. The fraction of sp³-hybridized carbons (Fsp3) is 0.158. The van der Waals surface area contributed by atoms with Crippen LogP contribution in [0.25, 0.3) is 6.08 Å². The molecule has 0 saturated heterocycles. The quantitative estimate of drug-likeness (QED) is 0.337. The second kappa shape index (κ2) is 9.49. The van der Waals surface area contributed by atoms with E-state index in [2.05, 4.69) is 5.32 Å². The maximum absolute atomic E-state index is 11.9. The molecule has 27 heavy (non-hydrogen) atoms. The minimum absolute atomic E-state index is 0.0848. The zero-order valence-electron chi connectivity index (χ0n) is 14.4. The first-order valence-electron chi connectivity index (χ1n) is 8.00. The second-order valence-corrected chi connectivity index (χ2v) is 6.01. The summed E-state index contributed by atoms with van der Waals surface area (Å²) in [6, 6.07) is 12.5. The Labute approximate surface area is 160 Å². The smallest absolute Gasteiger partial charge is 0.331 e. The van der Waals surface area contributed by atoms with Gasteiger partial charge in [0, 0.05) is 23.2 Å². The summed E-state index contributed by atoms with van der Waals surface area (Å²) < 4.78 is 4.87. The number of halogens is 1. The van der Waals surface area contributed by atoms with Crippen molar-refractivity contribution in [1.29, 1.82) is 0 Å². The van der Waals surface area contributed by atoms with Gasteiger partial charge in [0.15, 0.2) is 6.61 Å². The second-order valence-electron chi connectivity index (χ2n) is 5.60. The zero-order valence-corrected chi connectivity index (χ0v) is 15.2. The van der Waals surface area contributed by atoms with E-state index in [0.29, 0.717) is 10.6 Å². The maximum atomic E-state index is 11.9. The molecule has 1 amide bonds. The van der Waals surface area contributed by atoms with Crippen LogP contribution in [-0.2, 0) is 14.3 Å². The summed E-state index contributed by atoms with van der Waals surface area (Å²) in [5.41, 5.74) is 1.14. The predicted molar refractivity (Wildman–Crippen MR) is 101 cm³/mol.